The highest BCUT2D eigenvalue weighted by atomic mass is 32.2. The van der Waals surface area contributed by atoms with Crippen molar-refractivity contribution in [2.45, 2.75) is 13.0 Å². The van der Waals surface area contributed by atoms with E-state index < -0.39 is 10.8 Å². The molecule has 3 nitrogen and oxygen atoms in total. The van der Waals surface area contributed by atoms with E-state index in [4.69, 9.17) is 0 Å². The number of benzene rings is 1. The van der Waals surface area contributed by atoms with Crippen molar-refractivity contribution in [1.82, 2.24) is 5.32 Å². The molecule has 0 saturated carbocycles. The molecule has 0 heterocycles. The van der Waals surface area contributed by atoms with E-state index in [1.54, 1.807) is 6.26 Å². The minimum absolute atomic E-state index is 0.667. The van der Waals surface area contributed by atoms with Crippen LogP contribution in [-0.2, 0) is 17.3 Å². The number of hydrogen-bond donors (Lipinski definition) is 1. The van der Waals surface area contributed by atoms with Crippen molar-refractivity contribution < 1.29 is 4.21 Å². The van der Waals surface area contributed by atoms with Crippen LogP contribution in [0.2, 0.25) is 0 Å². The van der Waals surface area contributed by atoms with E-state index in [-0.39, 0.29) is 0 Å². The minimum atomic E-state index is -0.667. The molecule has 0 amide bonds. The van der Waals surface area contributed by atoms with Gasteiger partial charge in [0.15, 0.2) is 0 Å². The highest BCUT2D eigenvalue weighted by Crippen LogP contribution is 2.11. The molecule has 1 rings (SSSR count). The van der Waals surface area contributed by atoms with Gasteiger partial charge in [0.25, 0.3) is 0 Å². The van der Waals surface area contributed by atoms with E-state index in [9.17, 15) is 4.21 Å². The van der Waals surface area contributed by atoms with Gasteiger partial charge in [-0.3, -0.25) is 4.21 Å². The van der Waals surface area contributed by atoms with E-state index in [2.05, 4.69) is 34.5 Å². The van der Waals surface area contributed by atoms with E-state index >= 15 is 0 Å². The SMILES string of the molecule is CN(C)c1ccc(CNCCCS(C)=O)cc1. The summed E-state index contributed by atoms with van der Waals surface area (Å²) in [6, 6.07) is 8.52. The molecule has 1 unspecified atom stereocenters. The lowest BCUT2D eigenvalue weighted by atomic mass is 10.2. The Labute approximate surface area is 107 Å². The van der Waals surface area contributed by atoms with Crippen LogP contribution >= 0.6 is 0 Å². The second kappa shape index (κ2) is 7.45. The molecule has 0 fully saturated rings. The maximum absolute atomic E-state index is 10.9. The zero-order valence-corrected chi connectivity index (χ0v) is 11.7. The van der Waals surface area contributed by atoms with Gasteiger partial charge in [0, 0.05) is 49.1 Å². The lowest BCUT2D eigenvalue weighted by Crippen LogP contribution is -2.16. The van der Waals surface area contributed by atoms with Crippen LogP contribution in [0.15, 0.2) is 24.3 Å². The zero-order chi connectivity index (χ0) is 12.7. The maximum Gasteiger partial charge on any atom is 0.0361 e. The Morgan fingerprint density at radius 2 is 1.88 bits per heavy atom. The fraction of sp³-hybridized carbons (Fsp3) is 0.538. The molecule has 0 aromatic heterocycles. The van der Waals surface area contributed by atoms with Gasteiger partial charge in [0.2, 0.25) is 0 Å². The molecule has 1 atom stereocenters. The normalized spacial score (nSPS) is 12.4. The summed E-state index contributed by atoms with van der Waals surface area (Å²) in [5, 5.41) is 3.36. The van der Waals surface area contributed by atoms with Gasteiger partial charge < -0.3 is 10.2 Å². The van der Waals surface area contributed by atoms with E-state index in [0.29, 0.717) is 0 Å². The smallest absolute Gasteiger partial charge is 0.0361 e. The number of nitrogens with one attached hydrogen (secondary N) is 1. The molecule has 17 heavy (non-hydrogen) atoms. The monoisotopic (exact) mass is 254 g/mol. The van der Waals surface area contributed by atoms with Crippen molar-refractivity contribution in [3.63, 3.8) is 0 Å². The molecular weight excluding hydrogens is 232 g/mol. The third-order valence-corrected chi connectivity index (χ3v) is 3.43. The van der Waals surface area contributed by atoms with Gasteiger partial charge >= 0.3 is 0 Å². The van der Waals surface area contributed by atoms with Crippen LogP contribution in [0, 0.1) is 0 Å². The minimum Gasteiger partial charge on any atom is -0.378 e. The molecule has 0 aliphatic rings. The van der Waals surface area contributed by atoms with Crippen molar-refractivity contribution in [2.75, 3.05) is 37.5 Å². The molecule has 96 valence electrons. The zero-order valence-electron chi connectivity index (χ0n) is 10.9. The Morgan fingerprint density at radius 1 is 1.24 bits per heavy atom. The molecule has 1 aromatic rings. The highest BCUT2D eigenvalue weighted by molar-refractivity contribution is 7.84. The summed E-state index contributed by atoms with van der Waals surface area (Å²) in [6.07, 6.45) is 2.72. The summed E-state index contributed by atoms with van der Waals surface area (Å²) in [7, 11) is 3.41. The summed E-state index contributed by atoms with van der Waals surface area (Å²) >= 11 is 0. The van der Waals surface area contributed by atoms with Crippen LogP contribution in [0.4, 0.5) is 5.69 Å². The first-order valence-corrected chi connectivity index (χ1v) is 7.59. The Morgan fingerprint density at radius 3 is 2.41 bits per heavy atom. The first kappa shape index (κ1) is 14.2. The van der Waals surface area contributed by atoms with Crippen molar-refractivity contribution in [3.8, 4) is 0 Å². The molecule has 1 N–H and O–H groups in total. The predicted molar refractivity (Wildman–Crippen MR) is 76.0 cm³/mol. The molecular formula is C13H22N2OS. The summed E-state index contributed by atoms with van der Waals surface area (Å²) < 4.78 is 10.9. The van der Waals surface area contributed by atoms with Gasteiger partial charge in [-0.1, -0.05) is 12.1 Å². The fourth-order valence-corrected chi connectivity index (χ4v) is 2.10. The molecule has 0 aliphatic heterocycles. The predicted octanol–water partition coefficient (Wildman–Crippen LogP) is 1.61. The van der Waals surface area contributed by atoms with Crippen LogP contribution in [-0.4, -0.2) is 36.9 Å². The quantitative estimate of drug-likeness (QED) is 0.750. The van der Waals surface area contributed by atoms with Gasteiger partial charge in [-0.25, -0.2) is 0 Å². The summed E-state index contributed by atoms with van der Waals surface area (Å²) in [4.78, 5) is 2.09. The van der Waals surface area contributed by atoms with E-state index in [0.717, 1.165) is 25.3 Å². The topological polar surface area (TPSA) is 32.3 Å². The van der Waals surface area contributed by atoms with Crippen molar-refractivity contribution in [3.05, 3.63) is 29.8 Å². The van der Waals surface area contributed by atoms with Crippen LogP contribution in [0.3, 0.4) is 0 Å². The van der Waals surface area contributed by atoms with Gasteiger partial charge in [0.1, 0.15) is 0 Å². The number of anilines is 1. The first-order valence-electron chi connectivity index (χ1n) is 5.86. The standard InChI is InChI=1S/C13H22N2OS/c1-15(2)13-7-5-12(6-8-13)11-14-9-4-10-17(3)16/h5-8,14H,4,9-11H2,1-3H3. The Hall–Kier alpha value is -0.870. The third kappa shape index (κ3) is 5.84. The Kier molecular flexibility index (Phi) is 6.22. The van der Waals surface area contributed by atoms with Crippen molar-refractivity contribution >= 4 is 16.5 Å². The Bertz CT molecular complexity index is 349. The van der Waals surface area contributed by atoms with Gasteiger partial charge in [-0.15, -0.1) is 0 Å². The molecule has 1 aromatic carbocycles. The molecule has 0 radical (unpaired) electrons. The largest absolute Gasteiger partial charge is 0.378 e. The molecule has 0 spiro atoms. The highest BCUT2D eigenvalue weighted by Gasteiger charge is 1.96. The molecule has 0 aliphatic carbocycles. The van der Waals surface area contributed by atoms with Crippen LogP contribution in [0.25, 0.3) is 0 Å². The molecule has 0 saturated heterocycles. The number of hydrogen-bond acceptors (Lipinski definition) is 3. The summed E-state index contributed by atoms with van der Waals surface area (Å²) in [5.74, 6) is 0.784. The molecule has 4 heteroatoms. The van der Waals surface area contributed by atoms with E-state index in [1.807, 2.05) is 14.1 Å². The van der Waals surface area contributed by atoms with E-state index in [1.165, 1.54) is 11.3 Å². The average molecular weight is 254 g/mol. The Balaban J connectivity index is 2.25. The summed E-state index contributed by atoms with van der Waals surface area (Å²) in [6.45, 7) is 1.80. The average Bonchev–Trinajstić information content (AvgIpc) is 2.29. The fourth-order valence-electron chi connectivity index (χ4n) is 1.55. The second-order valence-corrected chi connectivity index (χ2v) is 5.92. The van der Waals surface area contributed by atoms with Crippen LogP contribution in [0.5, 0.6) is 0 Å². The van der Waals surface area contributed by atoms with Gasteiger partial charge in [-0.2, -0.15) is 0 Å². The van der Waals surface area contributed by atoms with Crippen molar-refractivity contribution in [1.29, 1.82) is 0 Å². The summed E-state index contributed by atoms with van der Waals surface area (Å²) in [5.41, 5.74) is 2.50. The van der Waals surface area contributed by atoms with Crippen LogP contribution < -0.4 is 10.2 Å². The van der Waals surface area contributed by atoms with Gasteiger partial charge in [-0.05, 0) is 30.7 Å². The lowest BCUT2D eigenvalue weighted by Gasteiger charge is -2.12. The van der Waals surface area contributed by atoms with Crippen molar-refractivity contribution in [2.24, 2.45) is 0 Å². The number of rotatable bonds is 7. The second-order valence-electron chi connectivity index (χ2n) is 4.37. The molecule has 0 bridgehead atoms. The third-order valence-electron chi connectivity index (χ3n) is 2.57. The van der Waals surface area contributed by atoms with Gasteiger partial charge in [0.05, 0.1) is 0 Å². The van der Waals surface area contributed by atoms with Crippen LogP contribution in [0.1, 0.15) is 12.0 Å². The number of nitrogens with zero attached hydrogens (tertiary/aromatic N) is 1. The first-order chi connectivity index (χ1) is 8.09. The lowest BCUT2D eigenvalue weighted by molar-refractivity contribution is 0.662. The maximum atomic E-state index is 10.9.